The van der Waals surface area contributed by atoms with E-state index >= 15 is 0 Å². The van der Waals surface area contributed by atoms with Crippen molar-refractivity contribution in [3.05, 3.63) is 46.3 Å². The molecule has 17 heavy (non-hydrogen) atoms. The summed E-state index contributed by atoms with van der Waals surface area (Å²) in [4.78, 5) is 12.3. The summed E-state index contributed by atoms with van der Waals surface area (Å²) < 4.78 is 11.0. The lowest BCUT2D eigenvalue weighted by Crippen LogP contribution is -2.35. The SMILES string of the molecule is O=c1c(C2CNCCO2)coc2ccccc12. The second-order valence-corrected chi connectivity index (χ2v) is 4.08. The van der Waals surface area contributed by atoms with Crippen molar-refractivity contribution >= 4 is 11.0 Å². The van der Waals surface area contributed by atoms with E-state index in [2.05, 4.69) is 5.32 Å². The van der Waals surface area contributed by atoms with Crippen LogP contribution in [0.15, 0.2) is 39.7 Å². The molecule has 1 aromatic heterocycles. The number of para-hydroxylation sites is 1. The molecule has 1 aliphatic rings. The van der Waals surface area contributed by atoms with E-state index in [0.29, 0.717) is 29.7 Å². The lowest BCUT2D eigenvalue weighted by atomic mass is 10.1. The number of nitrogens with one attached hydrogen (secondary N) is 1. The van der Waals surface area contributed by atoms with E-state index in [1.54, 1.807) is 12.1 Å². The molecule has 4 heteroatoms. The fourth-order valence-electron chi connectivity index (χ4n) is 2.08. The summed E-state index contributed by atoms with van der Waals surface area (Å²) >= 11 is 0. The number of ether oxygens (including phenoxy) is 1. The zero-order chi connectivity index (χ0) is 11.7. The van der Waals surface area contributed by atoms with Crippen LogP contribution in [0.2, 0.25) is 0 Å². The van der Waals surface area contributed by atoms with Crippen LogP contribution in [0, 0.1) is 0 Å². The second-order valence-electron chi connectivity index (χ2n) is 4.08. The summed E-state index contributed by atoms with van der Waals surface area (Å²) in [5, 5.41) is 3.81. The number of morpholine rings is 1. The largest absolute Gasteiger partial charge is 0.464 e. The van der Waals surface area contributed by atoms with Gasteiger partial charge in [0.15, 0.2) is 5.43 Å². The van der Waals surface area contributed by atoms with Gasteiger partial charge in [0.25, 0.3) is 0 Å². The first-order valence-electron chi connectivity index (χ1n) is 5.69. The van der Waals surface area contributed by atoms with Crippen LogP contribution < -0.4 is 10.7 Å². The van der Waals surface area contributed by atoms with Crippen LogP contribution in [0.5, 0.6) is 0 Å². The van der Waals surface area contributed by atoms with Crippen molar-refractivity contribution in [1.82, 2.24) is 5.32 Å². The van der Waals surface area contributed by atoms with E-state index in [1.807, 2.05) is 12.1 Å². The molecule has 1 atom stereocenters. The van der Waals surface area contributed by atoms with Crippen LogP contribution in [0.25, 0.3) is 11.0 Å². The molecule has 1 unspecified atom stereocenters. The summed E-state index contributed by atoms with van der Waals surface area (Å²) in [6.07, 6.45) is 1.31. The van der Waals surface area contributed by atoms with Gasteiger partial charge in [0.05, 0.1) is 17.6 Å². The smallest absolute Gasteiger partial charge is 0.198 e. The number of hydrogen-bond donors (Lipinski definition) is 1. The van der Waals surface area contributed by atoms with Gasteiger partial charge in [-0.3, -0.25) is 4.79 Å². The van der Waals surface area contributed by atoms with Crippen LogP contribution in [-0.4, -0.2) is 19.7 Å². The van der Waals surface area contributed by atoms with Crippen molar-refractivity contribution < 1.29 is 9.15 Å². The third-order valence-electron chi connectivity index (χ3n) is 2.98. The number of fused-ring (bicyclic) bond motifs is 1. The molecule has 1 fully saturated rings. The Hall–Kier alpha value is -1.65. The van der Waals surface area contributed by atoms with Gasteiger partial charge in [-0.05, 0) is 12.1 Å². The maximum atomic E-state index is 12.3. The van der Waals surface area contributed by atoms with Gasteiger partial charge in [0.1, 0.15) is 18.0 Å². The topological polar surface area (TPSA) is 51.5 Å². The standard InChI is InChI=1S/C13H13NO3/c15-13-9-3-1-2-4-11(9)17-8-10(13)12-7-14-5-6-16-12/h1-4,8,12,14H,5-7H2. The average Bonchev–Trinajstić information content (AvgIpc) is 2.40. The molecule has 2 heterocycles. The zero-order valence-corrected chi connectivity index (χ0v) is 9.31. The molecule has 0 aliphatic carbocycles. The molecular formula is C13H13NO3. The first-order valence-corrected chi connectivity index (χ1v) is 5.69. The lowest BCUT2D eigenvalue weighted by molar-refractivity contribution is 0.0262. The van der Waals surface area contributed by atoms with E-state index in [1.165, 1.54) is 6.26 Å². The van der Waals surface area contributed by atoms with Crippen molar-refractivity contribution in [3.63, 3.8) is 0 Å². The molecule has 2 aromatic rings. The fourth-order valence-corrected chi connectivity index (χ4v) is 2.08. The van der Waals surface area contributed by atoms with Crippen molar-refractivity contribution in [2.75, 3.05) is 19.7 Å². The van der Waals surface area contributed by atoms with Crippen LogP contribution in [0.4, 0.5) is 0 Å². The molecule has 0 amide bonds. The first-order chi connectivity index (χ1) is 8.36. The van der Waals surface area contributed by atoms with Gasteiger partial charge in [-0.15, -0.1) is 0 Å². The van der Waals surface area contributed by atoms with Crippen molar-refractivity contribution in [2.24, 2.45) is 0 Å². The van der Waals surface area contributed by atoms with Gasteiger partial charge in [-0.25, -0.2) is 0 Å². The van der Waals surface area contributed by atoms with E-state index in [-0.39, 0.29) is 11.5 Å². The molecule has 3 rings (SSSR count). The monoisotopic (exact) mass is 231 g/mol. The summed E-state index contributed by atoms with van der Waals surface area (Å²) in [6, 6.07) is 7.26. The Balaban J connectivity index is 2.11. The van der Waals surface area contributed by atoms with Crippen molar-refractivity contribution in [3.8, 4) is 0 Å². The Morgan fingerprint density at radius 2 is 2.18 bits per heavy atom. The highest BCUT2D eigenvalue weighted by molar-refractivity contribution is 5.76. The predicted octanol–water partition coefficient (Wildman–Crippen LogP) is 1.45. The molecule has 1 aromatic carbocycles. The summed E-state index contributed by atoms with van der Waals surface area (Å²) in [6.45, 7) is 2.11. The Kier molecular flexibility index (Phi) is 2.66. The predicted molar refractivity (Wildman–Crippen MR) is 64.0 cm³/mol. The Labute approximate surface area is 98.2 Å². The third-order valence-corrected chi connectivity index (χ3v) is 2.98. The number of rotatable bonds is 1. The van der Waals surface area contributed by atoms with Gasteiger partial charge < -0.3 is 14.5 Å². The number of benzene rings is 1. The fraction of sp³-hybridized carbons (Fsp3) is 0.308. The molecule has 0 bridgehead atoms. The van der Waals surface area contributed by atoms with Crippen LogP contribution in [-0.2, 0) is 4.74 Å². The minimum absolute atomic E-state index is 0.000509. The molecule has 1 N–H and O–H groups in total. The second kappa shape index (κ2) is 4.31. The van der Waals surface area contributed by atoms with Crippen molar-refractivity contribution in [2.45, 2.75) is 6.10 Å². The third kappa shape index (κ3) is 1.85. The Bertz CT molecular complexity index is 584. The van der Waals surface area contributed by atoms with Crippen LogP contribution in [0.3, 0.4) is 0 Å². The van der Waals surface area contributed by atoms with Gasteiger partial charge in [0, 0.05) is 13.1 Å². The van der Waals surface area contributed by atoms with Gasteiger partial charge in [-0.2, -0.15) is 0 Å². The molecule has 0 radical (unpaired) electrons. The number of hydrogen-bond acceptors (Lipinski definition) is 4. The molecule has 1 aliphatic heterocycles. The van der Waals surface area contributed by atoms with E-state index in [9.17, 15) is 4.79 Å². The highest BCUT2D eigenvalue weighted by Crippen LogP contribution is 2.18. The van der Waals surface area contributed by atoms with E-state index in [4.69, 9.17) is 9.15 Å². The van der Waals surface area contributed by atoms with Gasteiger partial charge in [0.2, 0.25) is 0 Å². The van der Waals surface area contributed by atoms with Crippen LogP contribution >= 0.6 is 0 Å². The van der Waals surface area contributed by atoms with E-state index in [0.717, 1.165) is 6.54 Å². The maximum absolute atomic E-state index is 12.3. The zero-order valence-electron chi connectivity index (χ0n) is 9.31. The average molecular weight is 231 g/mol. The van der Waals surface area contributed by atoms with Gasteiger partial charge in [-0.1, -0.05) is 12.1 Å². The molecule has 88 valence electrons. The minimum Gasteiger partial charge on any atom is -0.464 e. The normalized spacial score (nSPS) is 20.6. The van der Waals surface area contributed by atoms with Gasteiger partial charge >= 0.3 is 0 Å². The molecular weight excluding hydrogens is 218 g/mol. The molecule has 1 saturated heterocycles. The summed E-state index contributed by atoms with van der Waals surface area (Å²) in [5.74, 6) is 0. The quantitative estimate of drug-likeness (QED) is 0.807. The first kappa shape index (κ1) is 10.5. The minimum atomic E-state index is -0.204. The maximum Gasteiger partial charge on any atom is 0.198 e. The highest BCUT2D eigenvalue weighted by Gasteiger charge is 2.20. The van der Waals surface area contributed by atoms with E-state index < -0.39 is 0 Å². The van der Waals surface area contributed by atoms with Crippen LogP contribution in [0.1, 0.15) is 11.7 Å². The molecule has 0 saturated carbocycles. The molecule has 0 spiro atoms. The Morgan fingerprint density at radius 1 is 1.29 bits per heavy atom. The summed E-state index contributed by atoms with van der Waals surface area (Å²) in [5.41, 5.74) is 1.21. The highest BCUT2D eigenvalue weighted by atomic mass is 16.5. The van der Waals surface area contributed by atoms with Crippen molar-refractivity contribution in [1.29, 1.82) is 0 Å². The Morgan fingerprint density at radius 3 is 3.00 bits per heavy atom. The molecule has 4 nitrogen and oxygen atoms in total. The lowest BCUT2D eigenvalue weighted by Gasteiger charge is -2.23. The summed E-state index contributed by atoms with van der Waals surface area (Å²) in [7, 11) is 0.